The molecule has 4 heteroatoms. The Morgan fingerprint density at radius 3 is 0.564 bits per heavy atom. The van der Waals surface area contributed by atoms with E-state index in [9.17, 15) is 0 Å². The molecule has 0 radical (unpaired) electrons. The molecule has 0 amide bonds. The summed E-state index contributed by atoms with van der Waals surface area (Å²) < 4.78 is 0. The average Bonchev–Trinajstić information content (AvgIpc) is 3.29. The topological polar surface area (TPSA) is 38.7 Å². The number of benzene rings is 6. The van der Waals surface area contributed by atoms with Gasteiger partial charge < -0.3 is 0 Å². The van der Waals surface area contributed by atoms with Gasteiger partial charge in [-0.1, -0.05) is 200 Å². The van der Waals surface area contributed by atoms with E-state index in [-0.39, 0.29) is 20.1 Å². The fourth-order valence-electron chi connectivity index (χ4n) is 5.92. The molecule has 0 aliphatic rings. The minimum absolute atomic E-state index is 0. The van der Waals surface area contributed by atoms with Crippen molar-refractivity contribution in [3.8, 4) is 67.2 Å². The zero-order valence-electron chi connectivity index (χ0n) is 30.2. The largest absolute Gasteiger partial charge is 3.00 e. The second kappa shape index (κ2) is 20.0. The zero-order valence-corrected chi connectivity index (χ0v) is 32.6. The van der Waals surface area contributed by atoms with Crippen molar-refractivity contribution >= 4 is 0 Å². The molecule has 0 atom stereocenters. The third kappa shape index (κ3) is 10.7. The van der Waals surface area contributed by atoms with Gasteiger partial charge in [-0.15, -0.1) is 0 Å². The fourth-order valence-corrected chi connectivity index (χ4v) is 5.92. The van der Waals surface area contributed by atoms with Crippen LogP contribution in [0.4, 0.5) is 0 Å². The van der Waals surface area contributed by atoms with Crippen molar-refractivity contribution in [1.29, 1.82) is 0 Å². The van der Waals surface area contributed by atoms with Crippen molar-refractivity contribution in [2.45, 2.75) is 0 Å². The maximum absolute atomic E-state index is 4.53. The van der Waals surface area contributed by atoms with Crippen molar-refractivity contribution in [2.24, 2.45) is 0 Å². The normalized spacial score (nSPS) is 10.0. The maximum atomic E-state index is 4.53. The molecule has 3 heterocycles. The van der Waals surface area contributed by atoms with Crippen LogP contribution in [0.3, 0.4) is 0 Å². The van der Waals surface area contributed by atoms with Gasteiger partial charge in [0.15, 0.2) is 0 Å². The molecule has 6 aromatic carbocycles. The summed E-state index contributed by atoms with van der Waals surface area (Å²) in [5.74, 6) is 0. The maximum Gasteiger partial charge on any atom is 3.00 e. The van der Waals surface area contributed by atoms with Gasteiger partial charge in [-0.3, -0.25) is 15.0 Å². The van der Waals surface area contributed by atoms with Gasteiger partial charge >= 0.3 is 20.1 Å². The summed E-state index contributed by atoms with van der Waals surface area (Å²) in [7, 11) is 0. The van der Waals surface area contributed by atoms with Crippen LogP contribution in [0.15, 0.2) is 237 Å². The predicted molar refractivity (Wildman–Crippen MR) is 225 cm³/mol. The van der Waals surface area contributed by atoms with Gasteiger partial charge in [-0.05, 0) is 34.9 Å². The summed E-state index contributed by atoms with van der Waals surface area (Å²) in [6, 6.07) is 74.1. The van der Waals surface area contributed by atoms with Gasteiger partial charge in [0.25, 0.3) is 0 Å². The van der Waals surface area contributed by atoms with Crippen LogP contribution in [0.25, 0.3) is 67.2 Å². The molecule has 0 saturated carbocycles. The summed E-state index contributed by atoms with van der Waals surface area (Å²) in [6.45, 7) is 0. The molecule has 0 aliphatic carbocycles. The second-order valence-corrected chi connectivity index (χ2v) is 12.5. The Labute approximate surface area is 337 Å². The van der Waals surface area contributed by atoms with Gasteiger partial charge in [0, 0.05) is 52.0 Å². The first kappa shape index (κ1) is 38.2. The Morgan fingerprint density at radius 1 is 0.182 bits per heavy atom. The van der Waals surface area contributed by atoms with Crippen molar-refractivity contribution < 1.29 is 20.1 Å². The third-order valence-electron chi connectivity index (χ3n) is 8.82. The van der Waals surface area contributed by atoms with Gasteiger partial charge in [0.05, 0.1) is 17.1 Å². The number of pyridine rings is 3. The van der Waals surface area contributed by atoms with Gasteiger partial charge in [0.2, 0.25) is 0 Å². The van der Waals surface area contributed by atoms with Crippen LogP contribution in [0.1, 0.15) is 0 Å². The van der Waals surface area contributed by atoms with Crippen molar-refractivity contribution in [3.05, 3.63) is 237 Å². The van der Waals surface area contributed by atoms with E-state index in [2.05, 4.69) is 124 Å². The Morgan fingerprint density at radius 2 is 0.382 bits per heavy atom. The SMILES string of the molecule is [Ir+3].c1ccc(-c2ccc(-c3ccccc3)nc2)cc1.c1ccc(-c2ccc(-c3ccccc3)nc2)cc1.c1ccc(-c2ccc(-c3ccccc3)nc2)cc1. The third-order valence-corrected chi connectivity index (χ3v) is 8.82. The number of hydrogen-bond acceptors (Lipinski definition) is 3. The van der Waals surface area contributed by atoms with Crippen LogP contribution in [0.2, 0.25) is 0 Å². The van der Waals surface area contributed by atoms with E-state index in [0.29, 0.717) is 0 Å². The van der Waals surface area contributed by atoms with Crippen LogP contribution >= 0.6 is 0 Å². The summed E-state index contributed by atoms with van der Waals surface area (Å²) in [6.07, 6.45) is 5.78. The molecule has 0 N–H and O–H groups in total. The van der Waals surface area contributed by atoms with E-state index in [4.69, 9.17) is 0 Å². The van der Waals surface area contributed by atoms with E-state index in [1.807, 2.05) is 128 Å². The molecular weight excluding hydrogens is 847 g/mol. The predicted octanol–water partition coefficient (Wildman–Crippen LogP) is 13.2. The zero-order chi connectivity index (χ0) is 36.6. The van der Waals surface area contributed by atoms with Crippen LogP contribution in [0.5, 0.6) is 0 Å². The van der Waals surface area contributed by atoms with Gasteiger partial charge in [0.1, 0.15) is 0 Å². The number of aromatic nitrogens is 3. The first-order valence-electron chi connectivity index (χ1n) is 18.0. The Balaban J connectivity index is 0.000000139. The minimum Gasteiger partial charge on any atom is -0.256 e. The molecular formula is C51H39IrN3+3. The smallest absolute Gasteiger partial charge is 0.256 e. The van der Waals surface area contributed by atoms with E-state index >= 15 is 0 Å². The van der Waals surface area contributed by atoms with E-state index in [0.717, 1.165) is 50.5 Å². The molecule has 3 nitrogen and oxygen atoms in total. The van der Waals surface area contributed by atoms with Crippen LogP contribution < -0.4 is 0 Å². The summed E-state index contributed by atoms with van der Waals surface area (Å²) in [5.41, 5.74) is 13.5. The minimum atomic E-state index is 0. The van der Waals surface area contributed by atoms with Crippen molar-refractivity contribution in [2.75, 3.05) is 0 Å². The molecule has 9 rings (SSSR count). The van der Waals surface area contributed by atoms with Crippen LogP contribution in [0, 0.1) is 0 Å². The number of nitrogens with zero attached hydrogens (tertiary/aromatic N) is 3. The molecule has 3 aromatic heterocycles. The molecule has 0 fully saturated rings. The fraction of sp³-hybridized carbons (Fsp3) is 0. The summed E-state index contributed by atoms with van der Waals surface area (Å²) in [5, 5.41) is 0. The molecule has 0 unspecified atom stereocenters. The standard InChI is InChI=1S/3C17H13N.Ir/c3*1-3-7-14(8-4-1)16-11-12-17(18-13-16)15-9-5-2-6-10-15;/h3*1-13H;/q;;;+3. The first-order valence-corrected chi connectivity index (χ1v) is 18.0. The van der Waals surface area contributed by atoms with E-state index in [1.54, 1.807) is 0 Å². The molecule has 9 aromatic rings. The molecule has 0 aliphatic heterocycles. The Bertz CT molecular complexity index is 1950. The van der Waals surface area contributed by atoms with Crippen molar-refractivity contribution in [1.82, 2.24) is 15.0 Å². The average molecular weight is 886 g/mol. The summed E-state index contributed by atoms with van der Waals surface area (Å²) in [4.78, 5) is 13.6. The molecule has 0 saturated heterocycles. The molecule has 0 spiro atoms. The van der Waals surface area contributed by atoms with E-state index < -0.39 is 0 Å². The summed E-state index contributed by atoms with van der Waals surface area (Å²) >= 11 is 0. The molecule has 55 heavy (non-hydrogen) atoms. The quantitative estimate of drug-likeness (QED) is 0.167. The van der Waals surface area contributed by atoms with Gasteiger partial charge in [-0.2, -0.15) is 0 Å². The monoisotopic (exact) mass is 886 g/mol. The van der Waals surface area contributed by atoms with Crippen LogP contribution in [-0.2, 0) is 20.1 Å². The number of rotatable bonds is 6. The Hall–Kier alpha value is -6.58. The van der Waals surface area contributed by atoms with Crippen molar-refractivity contribution in [3.63, 3.8) is 0 Å². The first-order chi connectivity index (χ1) is 26.8. The van der Waals surface area contributed by atoms with E-state index in [1.165, 1.54) is 16.7 Å². The molecule has 0 bridgehead atoms. The Kier molecular flexibility index (Phi) is 13.9. The number of hydrogen-bond donors (Lipinski definition) is 0. The van der Waals surface area contributed by atoms with Gasteiger partial charge in [-0.25, -0.2) is 0 Å². The second-order valence-electron chi connectivity index (χ2n) is 12.5. The molecule has 264 valence electrons. The van der Waals surface area contributed by atoms with Crippen LogP contribution in [-0.4, -0.2) is 15.0 Å².